The van der Waals surface area contributed by atoms with E-state index >= 15 is 0 Å². The largest absolute Gasteiger partial charge is 0.495 e. The molecule has 1 fully saturated rings. The number of carboxylic acid groups (broad SMARTS) is 1. The molecule has 0 spiro atoms. The molecule has 1 aliphatic rings. The molecule has 1 unspecified atom stereocenters. The normalized spacial score (nSPS) is 19.2. The predicted octanol–water partition coefficient (Wildman–Crippen LogP) is 0.743. The number of anilines is 1. The average molecular weight is 221 g/mol. The second kappa shape index (κ2) is 3.84. The fourth-order valence-electron chi connectivity index (χ4n) is 1.68. The van der Waals surface area contributed by atoms with E-state index in [4.69, 9.17) is 9.84 Å². The zero-order chi connectivity index (χ0) is 11.7. The van der Waals surface area contributed by atoms with Crippen LogP contribution < -0.4 is 9.64 Å². The number of β-lactam (4-membered cyclic amide) rings is 1. The van der Waals surface area contributed by atoms with Crippen molar-refractivity contribution < 1.29 is 19.4 Å². The van der Waals surface area contributed by atoms with Crippen LogP contribution in [-0.2, 0) is 9.59 Å². The van der Waals surface area contributed by atoms with E-state index in [2.05, 4.69) is 0 Å². The Morgan fingerprint density at radius 3 is 2.75 bits per heavy atom. The van der Waals surface area contributed by atoms with Gasteiger partial charge in [0.25, 0.3) is 0 Å². The quantitative estimate of drug-likeness (QED) is 0.604. The highest BCUT2D eigenvalue weighted by atomic mass is 16.5. The summed E-state index contributed by atoms with van der Waals surface area (Å²) in [5.41, 5.74) is 0.618. The van der Waals surface area contributed by atoms with Gasteiger partial charge in [0.05, 0.1) is 12.8 Å². The van der Waals surface area contributed by atoms with Gasteiger partial charge in [-0.2, -0.15) is 0 Å². The summed E-state index contributed by atoms with van der Waals surface area (Å²) in [7, 11) is 1.51. The van der Waals surface area contributed by atoms with E-state index in [9.17, 15) is 9.59 Å². The summed E-state index contributed by atoms with van der Waals surface area (Å²) < 4.78 is 5.10. The molecule has 0 radical (unpaired) electrons. The van der Waals surface area contributed by atoms with Gasteiger partial charge in [-0.3, -0.25) is 9.59 Å². The van der Waals surface area contributed by atoms with Crippen LogP contribution in [0, 0.1) is 5.92 Å². The van der Waals surface area contributed by atoms with Crippen LogP contribution in [0.15, 0.2) is 24.3 Å². The van der Waals surface area contributed by atoms with Crippen LogP contribution in [0.5, 0.6) is 5.75 Å². The molecule has 1 saturated heterocycles. The first kappa shape index (κ1) is 10.5. The number of methoxy groups -OCH3 is 1. The number of amides is 1. The number of nitrogens with zero attached hydrogens (tertiary/aromatic N) is 1. The topological polar surface area (TPSA) is 66.8 Å². The summed E-state index contributed by atoms with van der Waals surface area (Å²) in [4.78, 5) is 23.6. The number of rotatable bonds is 3. The van der Waals surface area contributed by atoms with E-state index in [1.807, 2.05) is 0 Å². The van der Waals surface area contributed by atoms with Crippen LogP contribution in [0.3, 0.4) is 0 Å². The lowest BCUT2D eigenvalue weighted by atomic mass is 9.98. The van der Waals surface area contributed by atoms with Gasteiger partial charge in [-0.15, -0.1) is 0 Å². The Hall–Kier alpha value is -2.04. The Kier molecular flexibility index (Phi) is 2.52. The van der Waals surface area contributed by atoms with Crippen molar-refractivity contribution in [1.29, 1.82) is 0 Å². The zero-order valence-corrected chi connectivity index (χ0v) is 8.71. The Morgan fingerprint density at radius 2 is 2.19 bits per heavy atom. The third kappa shape index (κ3) is 1.50. The van der Waals surface area contributed by atoms with Gasteiger partial charge in [-0.05, 0) is 12.1 Å². The maximum atomic E-state index is 11.6. The van der Waals surface area contributed by atoms with Crippen molar-refractivity contribution in [2.24, 2.45) is 5.92 Å². The van der Waals surface area contributed by atoms with Gasteiger partial charge < -0.3 is 14.7 Å². The van der Waals surface area contributed by atoms with Gasteiger partial charge in [-0.25, -0.2) is 0 Å². The first-order valence-corrected chi connectivity index (χ1v) is 4.82. The maximum absolute atomic E-state index is 11.6. The molecule has 1 aromatic rings. The lowest BCUT2D eigenvalue weighted by Crippen LogP contribution is -2.56. The van der Waals surface area contributed by atoms with E-state index in [0.717, 1.165) is 0 Å². The van der Waals surface area contributed by atoms with E-state index in [-0.39, 0.29) is 6.54 Å². The second-order valence-corrected chi connectivity index (χ2v) is 3.51. The van der Waals surface area contributed by atoms with Crippen LogP contribution in [0.1, 0.15) is 0 Å². The maximum Gasteiger partial charge on any atom is 0.317 e. The van der Waals surface area contributed by atoms with Crippen molar-refractivity contribution in [2.45, 2.75) is 0 Å². The molecule has 84 valence electrons. The Balaban J connectivity index is 2.22. The summed E-state index contributed by atoms with van der Waals surface area (Å²) in [5.74, 6) is -1.81. The van der Waals surface area contributed by atoms with Crippen molar-refractivity contribution in [1.82, 2.24) is 0 Å². The highest BCUT2D eigenvalue weighted by molar-refractivity contribution is 6.12. The molecule has 0 aromatic heterocycles. The second-order valence-electron chi connectivity index (χ2n) is 3.51. The fourth-order valence-corrected chi connectivity index (χ4v) is 1.68. The number of para-hydroxylation sites is 2. The molecule has 0 saturated carbocycles. The van der Waals surface area contributed by atoms with Crippen molar-refractivity contribution in [3.8, 4) is 5.75 Å². The van der Waals surface area contributed by atoms with Crippen molar-refractivity contribution in [3.05, 3.63) is 24.3 Å². The standard InChI is InChI=1S/C11H11NO4/c1-16-9-5-3-2-4-8(9)12-6-7(10(12)13)11(14)15/h2-5,7H,6H2,1H3,(H,14,15). The number of carbonyl (C=O) groups is 2. The highest BCUT2D eigenvalue weighted by Gasteiger charge is 2.43. The van der Waals surface area contributed by atoms with Crippen LogP contribution in [0.25, 0.3) is 0 Å². The molecule has 1 aliphatic heterocycles. The van der Waals surface area contributed by atoms with Gasteiger partial charge in [-0.1, -0.05) is 12.1 Å². The minimum Gasteiger partial charge on any atom is -0.495 e. The minimum atomic E-state index is -1.07. The van der Waals surface area contributed by atoms with Crippen molar-refractivity contribution in [3.63, 3.8) is 0 Å². The molecule has 5 nitrogen and oxygen atoms in total. The first-order chi connectivity index (χ1) is 7.65. The molecular formula is C11H11NO4. The number of aliphatic carboxylic acids is 1. The zero-order valence-electron chi connectivity index (χ0n) is 8.71. The molecule has 16 heavy (non-hydrogen) atoms. The summed E-state index contributed by atoms with van der Waals surface area (Å²) >= 11 is 0. The van der Waals surface area contributed by atoms with Gasteiger partial charge in [0.1, 0.15) is 5.75 Å². The molecule has 1 heterocycles. The summed E-state index contributed by atoms with van der Waals surface area (Å²) in [6.45, 7) is 0.203. The lowest BCUT2D eigenvalue weighted by Gasteiger charge is -2.36. The van der Waals surface area contributed by atoms with Crippen LogP contribution >= 0.6 is 0 Å². The molecule has 0 aliphatic carbocycles. The molecule has 1 N–H and O–H groups in total. The smallest absolute Gasteiger partial charge is 0.317 e. The predicted molar refractivity (Wildman–Crippen MR) is 56.5 cm³/mol. The van der Waals surface area contributed by atoms with E-state index in [1.54, 1.807) is 24.3 Å². The average Bonchev–Trinajstić information content (AvgIpc) is 2.27. The summed E-state index contributed by atoms with van der Waals surface area (Å²) in [6, 6.07) is 7.03. The van der Waals surface area contributed by atoms with Crippen LogP contribution in [-0.4, -0.2) is 30.6 Å². The van der Waals surface area contributed by atoms with Gasteiger partial charge in [0.2, 0.25) is 5.91 Å². The molecule has 0 bridgehead atoms. The number of ether oxygens (including phenoxy) is 1. The Labute approximate surface area is 92.2 Å². The molecule has 1 amide bonds. The number of benzene rings is 1. The molecule has 1 atom stereocenters. The highest BCUT2D eigenvalue weighted by Crippen LogP contribution is 2.33. The number of hydrogen-bond donors (Lipinski definition) is 1. The summed E-state index contributed by atoms with van der Waals surface area (Å²) in [6.07, 6.45) is 0. The molecule has 5 heteroatoms. The molecular weight excluding hydrogens is 210 g/mol. The minimum absolute atomic E-state index is 0.203. The fraction of sp³-hybridized carbons (Fsp3) is 0.273. The third-order valence-corrected chi connectivity index (χ3v) is 2.60. The third-order valence-electron chi connectivity index (χ3n) is 2.60. The Bertz CT molecular complexity index is 443. The lowest BCUT2D eigenvalue weighted by molar-refractivity contribution is -0.149. The van der Waals surface area contributed by atoms with Gasteiger partial charge in [0, 0.05) is 6.54 Å². The van der Waals surface area contributed by atoms with E-state index in [0.29, 0.717) is 11.4 Å². The van der Waals surface area contributed by atoms with Crippen molar-refractivity contribution in [2.75, 3.05) is 18.6 Å². The number of hydrogen-bond acceptors (Lipinski definition) is 3. The SMILES string of the molecule is COc1ccccc1N1CC(C(=O)O)C1=O. The molecule has 2 rings (SSSR count). The van der Waals surface area contributed by atoms with Crippen LogP contribution in [0.4, 0.5) is 5.69 Å². The first-order valence-electron chi connectivity index (χ1n) is 4.82. The van der Waals surface area contributed by atoms with Crippen LogP contribution in [0.2, 0.25) is 0 Å². The number of carboxylic acids is 1. The van der Waals surface area contributed by atoms with Crippen molar-refractivity contribution >= 4 is 17.6 Å². The molecule has 1 aromatic carbocycles. The monoisotopic (exact) mass is 221 g/mol. The van der Waals surface area contributed by atoms with Gasteiger partial charge >= 0.3 is 5.97 Å². The van der Waals surface area contributed by atoms with E-state index in [1.165, 1.54) is 12.0 Å². The Morgan fingerprint density at radius 1 is 1.50 bits per heavy atom. The number of carbonyl (C=O) groups excluding carboxylic acids is 1. The van der Waals surface area contributed by atoms with E-state index < -0.39 is 17.8 Å². The summed E-state index contributed by atoms with van der Waals surface area (Å²) in [5, 5.41) is 8.72. The van der Waals surface area contributed by atoms with Gasteiger partial charge in [0.15, 0.2) is 5.92 Å².